The Bertz CT molecular complexity index is 580. The van der Waals surface area contributed by atoms with Crippen LogP contribution in [0.1, 0.15) is 38.7 Å². The second-order valence-electron chi connectivity index (χ2n) is 5.29. The standard InChI is InChI=1S/C15H22N4S/c1-3-10-8-16-14-13(10)15(18-9-17-14)19-11-6-5-7-12(11)20-4-2/h8-9,11-12H,3-7H2,1-2H3,(H2,16,17,18,19). The molecule has 2 atom stereocenters. The lowest BCUT2D eigenvalue weighted by molar-refractivity contribution is 0.763. The van der Waals surface area contributed by atoms with E-state index < -0.39 is 0 Å². The molecule has 20 heavy (non-hydrogen) atoms. The van der Waals surface area contributed by atoms with Gasteiger partial charge in [0.25, 0.3) is 0 Å². The molecule has 0 aliphatic heterocycles. The first kappa shape index (κ1) is 13.7. The van der Waals surface area contributed by atoms with Crippen molar-refractivity contribution in [3.63, 3.8) is 0 Å². The van der Waals surface area contributed by atoms with Crippen LogP contribution >= 0.6 is 11.8 Å². The smallest absolute Gasteiger partial charge is 0.143 e. The zero-order valence-electron chi connectivity index (χ0n) is 12.1. The Morgan fingerprint density at radius 3 is 3.05 bits per heavy atom. The molecule has 5 heteroatoms. The second kappa shape index (κ2) is 6.04. The van der Waals surface area contributed by atoms with Gasteiger partial charge in [-0.2, -0.15) is 11.8 Å². The van der Waals surface area contributed by atoms with Crippen LogP contribution in [0.2, 0.25) is 0 Å². The molecule has 0 bridgehead atoms. The van der Waals surface area contributed by atoms with Gasteiger partial charge in [-0.3, -0.25) is 0 Å². The van der Waals surface area contributed by atoms with Crippen molar-refractivity contribution in [1.82, 2.24) is 15.0 Å². The molecule has 1 aliphatic rings. The first-order valence-electron chi connectivity index (χ1n) is 7.52. The maximum atomic E-state index is 4.49. The third-order valence-electron chi connectivity index (χ3n) is 4.09. The Morgan fingerprint density at radius 2 is 2.25 bits per heavy atom. The highest BCUT2D eigenvalue weighted by molar-refractivity contribution is 7.99. The molecule has 1 saturated carbocycles. The molecule has 3 rings (SSSR count). The quantitative estimate of drug-likeness (QED) is 0.883. The Morgan fingerprint density at radius 1 is 1.35 bits per heavy atom. The molecule has 0 aromatic carbocycles. The van der Waals surface area contributed by atoms with E-state index in [1.165, 1.54) is 36.0 Å². The molecular formula is C15H22N4S. The second-order valence-corrected chi connectivity index (χ2v) is 6.81. The number of anilines is 1. The van der Waals surface area contributed by atoms with Gasteiger partial charge in [0.15, 0.2) is 0 Å². The fourth-order valence-corrected chi connectivity index (χ4v) is 4.29. The van der Waals surface area contributed by atoms with Crippen LogP contribution in [0.5, 0.6) is 0 Å². The molecule has 2 aromatic rings. The lowest BCUT2D eigenvalue weighted by Gasteiger charge is -2.21. The van der Waals surface area contributed by atoms with Crippen molar-refractivity contribution in [2.45, 2.75) is 50.8 Å². The topological polar surface area (TPSA) is 53.6 Å². The summed E-state index contributed by atoms with van der Waals surface area (Å²) in [6.45, 7) is 4.41. The minimum Gasteiger partial charge on any atom is -0.366 e. The molecule has 2 N–H and O–H groups in total. The van der Waals surface area contributed by atoms with E-state index in [1.807, 2.05) is 0 Å². The minimum atomic E-state index is 0.539. The van der Waals surface area contributed by atoms with Gasteiger partial charge < -0.3 is 10.3 Å². The van der Waals surface area contributed by atoms with Gasteiger partial charge in [-0.05, 0) is 30.6 Å². The summed E-state index contributed by atoms with van der Waals surface area (Å²) in [5.74, 6) is 2.19. The first-order chi connectivity index (χ1) is 9.83. The van der Waals surface area contributed by atoms with E-state index in [9.17, 15) is 0 Å². The highest BCUT2D eigenvalue weighted by Crippen LogP contribution is 2.33. The highest BCUT2D eigenvalue weighted by atomic mass is 32.2. The Labute approximate surface area is 124 Å². The average molecular weight is 290 g/mol. The molecule has 108 valence electrons. The van der Waals surface area contributed by atoms with Crippen LogP contribution in [0.25, 0.3) is 11.0 Å². The summed E-state index contributed by atoms with van der Waals surface area (Å²) in [5, 5.41) is 5.57. The molecule has 1 aliphatic carbocycles. The zero-order chi connectivity index (χ0) is 13.9. The number of fused-ring (bicyclic) bond motifs is 1. The van der Waals surface area contributed by atoms with Gasteiger partial charge in [0.05, 0.1) is 5.39 Å². The van der Waals surface area contributed by atoms with Crippen LogP contribution in [0, 0.1) is 0 Å². The normalized spacial score (nSPS) is 22.5. The fraction of sp³-hybridized carbons (Fsp3) is 0.600. The van der Waals surface area contributed by atoms with Gasteiger partial charge in [0.1, 0.15) is 17.8 Å². The Balaban J connectivity index is 1.88. The molecule has 0 radical (unpaired) electrons. The van der Waals surface area contributed by atoms with Crippen LogP contribution < -0.4 is 5.32 Å². The van der Waals surface area contributed by atoms with Gasteiger partial charge in [-0.15, -0.1) is 0 Å². The van der Waals surface area contributed by atoms with E-state index in [0.29, 0.717) is 11.3 Å². The van der Waals surface area contributed by atoms with Crippen molar-refractivity contribution in [2.75, 3.05) is 11.1 Å². The van der Waals surface area contributed by atoms with Crippen LogP contribution in [-0.2, 0) is 6.42 Å². The van der Waals surface area contributed by atoms with Crippen LogP contribution in [-0.4, -0.2) is 32.0 Å². The third-order valence-corrected chi connectivity index (χ3v) is 5.41. The summed E-state index contributed by atoms with van der Waals surface area (Å²) >= 11 is 2.07. The lowest BCUT2D eigenvalue weighted by atomic mass is 10.1. The molecule has 1 fully saturated rings. The van der Waals surface area contributed by atoms with Crippen LogP contribution in [0.4, 0.5) is 5.82 Å². The number of rotatable bonds is 5. The number of nitrogens with one attached hydrogen (secondary N) is 2. The molecule has 0 amide bonds. The average Bonchev–Trinajstić information content (AvgIpc) is 3.07. The monoisotopic (exact) mass is 290 g/mol. The number of thioether (sulfide) groups is 1. The van der Waals surface area contributed by atoms with Gasteiger partial charge in [-0.25, -0.2) is 9.97 Å². The van der Waals surface area contributed by atoms with Gasteiger partial charge in [0, 0.05) is 17.5 Å². The largest absolute Gasteiger partial charge is 0.366 e. The molecule has 0 spiro atoms. The molecule has 2 aromatic heterocycles. The Kier molecular flexibility index (Phi) is 4.15. The van der Waals surface area contributed by atoms with Crippen molar-refractivity contribution in [2.24, 2.45) is 0 Å². The number of aromatic nitrogens is 3. The van der Waals surface area contributed by atoms with Crippen molar-refractivity contribution in [3.05, 3.63) is 18.1 Å². The predicted molar refractivity (Wildman–Crippen MR) is 86.4 cm³/mol. The maximum absolute atomic E-state index is 4.49. The van der Waals surface area contributed by atoms with Crippen molar-refractivity contribution in [1.29, 1.82) is 0 Å². The van der Waals surface area contributed by atoms with E-state index in [2.05, 4.69) is 52.1 Å². The van der Waals surface area contributed by atoms with Crippen molar-refractivity contribution < 1.29 is 0 Å². The number of nitrogens with zero attached hydrogens (tertiary/aromatic N) is 2. The maximum Gasteiger partial charge on any atom is 0.143 e. The molecule has 2 heterocycles. The molecule has 0 saturated heterocycles. The molecule has 4 nitrogen and oxygen atoms in total. The summed E-state index contributed by atoms with van der Waals surface area (Å²) in [6.07, 6.45) is 8.58. The predicted octanol–water partition coefficient (Wildman–Crippen LogP) is 3.61. The number of hydrogen-bond donors (Lipinski definition) is 2. The van der Waals surface area contributed by atoms with Gasteiger partial charge >= 0.3 is 0 Å². The summed E-state index contributed by atoms with van der Waals surface area (Å²) in [6, 6.07) is 0.539. The highest BCUT2D eigenvalue weighted by Gasteiger charge is 2.28. The summed E-state index contributed by atoms with van der Waals surface area (Å²) in [5.41, 5.74) is 2.23. The van der Waals surface area contributed by atoms with Crippen LogP contribution in [0.15, 0.2) is 12.5 Å². The number of H-pyrrole nitrogens is 1. The third kappa shape index (κ3) is 2.51. The fourth-order valence-electron chi connectivity index (χ4n) is 3.10. The zero-order valence-corrected chi connectivity index (χ0v) is 13.0. The van der Waals surface area contributed by atoms with E-state index >= 15 is 0 Å². The van der Waals surface area contributed by atoms with Crippen LogP contribution in [0.3, 0.4) is 0 Å². The summed E-state index contributed by atoms with van der Waals surface area (Å²) in [7, 11) is 0. The van der Waals surface area contributed by atoms with E-state index in [0.717, 1.165) is 17.9 Å². The molecule has 2 unspecified atom stereocenters. The van der Waals surface area contributed by atoms with E-state index in [1.54, 1.807) is 6.33 Å². The lowest BCUT2D eigenvalue weighted by Crippen LogP contribution is -2.26. The van der Waals surface area contributed by atoms with E-state index in [-0.39, 0.29) is 0 Å². The first-order valence-corrected chi connectivity index (χ1v) is 8.57. The molecular weight excluding hydrogens is 268 g/mol. The number of aromatic amines is 1. The van der Waals surface area contributed by atoms with Crippen molar-refractivity contribution >= 4 is 28.6 Å². The minimum absolute atomic E-state index is 0.539. The number of hydrogen-bond acceptors (Lipinski definition) is 4. The number of aryl methyl sites for hydroxylation is 1. The van der Waals surface area contributed by atoms with Crippen molar-refractivity contribution in [3.8, 4) is 0 Å². The van der Waals surface area contributed by atoms with E-state index in [4.69, 9.17) is 0 Å². The summed E-state index contributed by atoms with van der Waals surface area (Å²) in [4.78, 5) is 12.1. The van der Waals surface area contributed by atoms with Gasteiger partial charge in [-0.1, -0.05) is 20.3 Å². The Hall–Kier alpha value is -1.23. The summed E-state index contributed by atoms with van der Waals surface area (Å²) < 4.78 is 0. The van der Waals surface area contributed by atoms with Gasteiger partial charge in [0.2, 0.25) is 0 Å². The SMILES string of the molecule is CCSC1CCCC1Nc1ncnc2[nH]cc(CC)c12.